The molecule has 7 nitrogen and oxygen atoms in total. The first kappa shape index (κ1) is 22.7. The molecular formula is C24H32N4O3S. The Balaban J connectivity index is 1.37. The molecule has 32 heavy (non-hydrogen) atoms. The summed E-state index contributed by atoms with van der Waals surface area (Å²) >= 11 is 0. The van der Waals surface area contributed by atoms with Crippen LogP contribution in [-0.4, -0.2) is 61.7 Å². The number of carbonyl (C=O) groups excluding carboxylic acids is 1. The van der Waals surface area contributed by atoms with Gasteiger partial charge >= 0.3 is 0 Å². The minimum atomic E-state index is -3.56. The lowest BCUT2D eigenvalue weighted by atomic mass is 9.96. The van der Waals surface area contributed by atoms with Crippen molar-refractivity contribution in [3.05, 3.63) is 54.4 Å². The highest BCUT2D eigenvalue weighted by atomic mass is 32.2. The van der Waals surface area contributed by atoms with Gasteiger partial charge in [0.2, 0.25) is 15.9 Å². The summed E-state index contributed by atoms with van der Waals surface area (Å²) in [5.41, 5.74) is 2.39. The van der Waals surface area contributed by atoms with Crippen molar-refractivity contribution in [3.8, 4) is 0 Å². The van der Waals surface area contributed by atoms with Crippen molar-refractivity contribution in [2.75, 3.05) is 38.1 Å². The summed E-state index contributed by atoms with van der Waals surface area (Å²) in [6, 6.07) is 11.5. The number of hydrogen-bond acceptors (Lipinski definition) is 5. The number of sulfonamides is 1. The first-order valence-electron chi connectivity index (χ1n) is 11.4. The maximum Gasteiger partial charge on any atom is 0.244 e. The predicted octanol–water partition coefficient (Wildman–Crippen LogP) is 3.13. The first-order chi connectivity index (χ1) is 15.5. The molecule has 0 bridgehead atoms. The van der Waals surface area contributed by atoms with Gasteiger partial charge in [-0.1, -0.05) is 18.2 Å². The van der Waals surface area contributed by atoms with Crippen LogP contribution in [0.15, 0.2) is 53.7 Å². The van der Waals surface area contributed by atoms with Crippen molar-refractivity contribution in [1.82, 2.24) is 14.2 Å². The van der Waals surface area contributed by atoms with E-state index in [1.54, 1.807) is 23.2 Å². The third-order valence-electron chi connectivity index (χ3n) is 6.55. The van der Waals surface area contributed by atoms with Gasteiger partial charge in [-0.25, -0.2) is 8.42 Å². The molecule has 172 valence electrons. The molecule has 0 atom stereocenters. The number of amides is 1. The predicted molar refractivity (Wildman–Crippen MR) is 125 cm³/mol. The molecule has 0 unspecified atom stereocenters. The minimum Gasteiger partial charge on any atom is -0.371 e. The third kappa shape index (κ3) is 4.96. The molecule has 0 saturated carbocycles. The van der Waals surface area contributed by atoms with Gasteiger partial charge in [-0.2, -0.15) is 4.31 Å². The number of piperidine rings is 2. The summed E-state index contributed by atoms with van der Waals surface area (Å²) in [5, 5.41) is 0. The van der Waals surface area contributed by atoms with E-state index in [1.807, 2.05) is 13.1 Å². The molecule has 4 rings (SSSR count). The highest BCUT2D eigenvalue weighted by Gasteiger charge is 2.33. The molecule has 2 fully saturated rings. The molecule has 1 aromatic carbocycles. The molecule has 0 aliphatic carbocycles. The van der Waals surface area contributed by atoms with Gasteiger partial charge in [0.1, 0.15) is 4.90 Å². The number of anilines is 1. The molecule has 2 aliphatic rings. The number of rotatable bonds is 6. The highest BCUT2D eigenvalue weighted by molar-refractivity contribution is 7.89. The van der Waals surface area contributed by atoms with Crippen molar-refractivity contribution >= 4 is 21.6 Å². The minimum absolute atomic E-state index is 0.0943. The number of carbonyl (C=O) groups is 1. The fourth-order valence-corrected chi connectivity index (χ4v) is 6.16. The van der Waals surface area contributed by atoms with Crippen molar-refractivity contribution in [1.29, 1.82) is 0 Å². The van der Waals surface area contributed by atoms with Crippen LogP contribution in [0.2, 0.25) is 0 Å². The molecule has 3 heterocycles. The highest BCUT2D eigenvalue weighted by Crippen LogP contribution is 2.28. The third-order valence-corrected chi connectivity index (χ3v) is 8.43. The Kier molecular flexibility index (Phi) is 7.10. The van der Waals surface area contributed by atoms with Gasteiger partial charge in [-0.15, -0.1) is 0 Å². The van der Waals surface area contributed by atoms with E-state index in [2.05, 4.69) is 28.1 Å². The van der Waals surface area contributed by atoms with Gasteiger partial charge in [0.05, 0.1) is 0 Å². The smallest absolute Gasteiger partial charge is 0.244 e. The number of para-hydroxylation sites is 1. The monoisotopic (exact) mass is 456 g/mol. The molecular weight excluding hydrogens is 424 g/mol. The second-order valence-electron chi connectivity index (χ2n) is 8.74. The zero-order valence-electron chi connectivity index (χ0n) is 18.7. The second-order valence-corrected chi connectivity index (χ2v) is 10.7. The largest absolute Gasteiger partial charge is 0.371 e. The summed E-state index contributed by atoms with van der Waals surface area (Å²) in [5.74, 6) is -0.0561. The number of aromatic nitrogens is 1. The van der Waals surface area contributed by atoms with Crippen molar-refractivity contribution in [3.63, 3.8) is 0 Å². The van der Waals surface area contributed by atoms with E-state index in [1.165, 1.54) is 41.0 Å². The van der Waals surface area contributed by atoms with Gasteiger partial charge in [0.15, 0.2) is 0 Å². The van der Waals surface area contributed by atoms with Crippen LogP contribution in [0.25, 0.3) is 0 Å². The maximum absolute atomic E-state index is 13.2. The molecule has 8 heteroatoms. The number of hydrogen-bond donors (Lipinski definition) is 0. The molecule has 0 N–H and O–H groups in total. The van der Waals surface area contributed by atoms with Gasteiger partial charge in [0, 0.05) is 63.8 Å². The SMILES string of the molecule is CN(Cc1ccccc1N1CCCCC1)C(=O)C1CCN(S(=O)(=O)c2cccnc2)CC1. The van der Waals surface area contributed by atoms with Crippen LogP contribution in [0.5, 0.6) is 0 Å². The molecule has 2 saturated heterocycles. The topological polar surface area (TPSA) is 73.8 Å². The average molecular weight is 457 g/mol. The molecule has 2 aromatic rings. The average Bonchev–Trinajstić information content (AvgIpc) is 2.85. The lowest BCUT2D eigenvalue weighted by Crippen LogP contribution is -2.43. The Hall–Kier alpha value is -2.45. The Labute approximate surface area is 191 Å². The normalized spacial score (nSPS) is 18.5. The summed E-state index contributed by atoms with van der Waals surface area (Å²) in [7, 11) is -1.70. The number of pyridine rings is 1. The first-order valence-corrected chi connectivity index (χ1v) is 12.9. The van der Waals surface area contributed by atoms with E-state index >= 15 is 0 Å². The van der Waals surface area contributed by atoms with E-state index in [0.717, 1.165) is 13.1 Å². The number of nitrogens with zero attached hydrogens (tertiary/aromatic N) is 4. The fourth-order valence-electron chi connectivity index (χ4n) is 4.72. The summed E-state index contributed by atoms with van der Waals surface area (Å²) in [4.78, 5) is 21.5. The molecule has 1 amide bonds. The lowest BCUT2D eigenvalue weighted by Gasteiger charge is -2.34. The van der Waals surface area contributed by atoms with Crippen LogP contribution in [0, 0.1) is 5.92 Å². The summed E-state index contributed by atoms with van der Waals surface area (Å²) in [6.07, 6.45) is 7.72. The van der Waals surface area contributed by atoms with E-state index < -0.39 is 10.0 Å². The van der Waals surface area contributed by atoms with Gasteiger partial charge < -0.3 is 9.80 Å². The quantitative estimate of drug-likeness (QED) is 0.668. The van der Waals surface area contributed by atoms with Gasteiger partial charge in [-0.3, -0.25) is 9.78 Å². The molecule has 0 spiro atoms. The standard InChI is InChI=1S/C24H32N4O3S/c1-26(19-21-8-3-4-10-23(21)27-14-5-2-6-15-27)24(29)20-11-16-28(17-12-20)32(30,31)22-9-7-13-25-18-22/h3-4,7-10,13,18,20H,2,5-6,11-12,14-17,19H2,1H3. The lowest BCUT2D eigenvalue weighted by molar-refractivity contribution is -0.135. The Morgan fingerprint density at radius 2 is 1.75 bits per heavy atom. The van der Waals surface area contributed by atoms with Crippen LogP contribution in [0.1, 0.15) is 37.7 Å². The Morgan fingerprint density at radius 1 is 1.03 bits per heavy atom. The zero-order chi connectivity index (χ0) is 22.6. The summed E-state index contributed by atoms with van der Waals surface area (Å²) < 4.78 is 27.1. The van der Waals surface area contributed by atoms with Crippen molar-refractivity contribution < 1.29 is 13.2 Å². The van der Waals surface area contributed by atoms with E-state index in [-0.39, 0.29) is 16.7 Å². The van der Waals surface area contributed by atoms with E-state index in [0.29, 0.717) is 32.5 Å². The van der Waals surface area contributed by atoms with Crippen LogP contribution in [0.4, 0.5) is 5.69 Å². The van der Waals surface area contributed by atoms with Crippen molar-refractivity contribution in [2.45, 2.75) is 43.5 Å². The number of benzene rings is 1. The summed E-state index contributed by atoms with van der Waals surface area (Å²) in [6.45, 7) is 3.41. The Morgan fingerprint density at radius 3 is 2.44 bits per heavy atom. The van der Waals surface area contributed by atoms with Crippen molar-refractivity contribution in [2.24, 2.45) is 5.92 Å². The van der Waals surface area contributed by atoms with E-state index in [9.17, 15) is 13.2 Å². The van der Waals surface area contributed by atoms with Crippen LogP contribution < -0.4 is 4.90 Å². The molecule has 0 radical (unpaired) electrons. The fraction of sp³-hybridized carbons (Fsp3) is 0.500. The van der Waals surface area contributed by atoms with Gasteiger partial charge in [-0.05, 0) is 55.9 Å². The Bertz CT molecular complexity index is 1010. The van der Waals surface area contributed by atoms with Crippen LogP contribution in [0.3, 0.4) is 0 Å². The zero-order valence-corrected chi connectivity index (χ0v) is 19.5. The second kappa shape index (κ2) is 10.0. The maximum atomic E-state index is 13.2. The van der Waals surface area contributed by atoms with Crippen LogP contribution >= 0.6 is 0 Å². The molecule has 1 aromatic heterocycles. The van der Waals surface area contributed by atoms with Crippen LogP contribution in [-0.2, 0) is 21.4 Å². The molecule has 2 aliphatic heterocycles. The van der Waals surface area contributed by atoms with E-state index in [4.69, 9.17) is 0 Å². The van der Waals surface area contributed by atoms with Gasteiger partial charge in [0.25, 0.3) is 0 Å².